The summed E-state index contributed by atoms with van der Waals surface area (Å²) in [7, 11) is 0. The first-order chi connectivity index (χ1) is 8.36. The van der Waals surface area contributed by atoms with E-state index in [1.807, 2.05) is 12.1 Å². The Bertz CT molecular complexity index is 609. The normalized spacial score (nSPS) is 10.9. The van der Waals surface area contributed by atoms with Gasteiger partial charge in [0.05, 0.1) is 6.20 Å². The van der Waals surface area contributed by atoms with Crippen molar-refractivity contribution in [1.82, 2.24) is 24.9 Å². The summed E-state index contributed by atoms with van der Waals surface area (Å²) in [6.45, 7) is 0.485. The van der Waals surface area contributed by atoms with Crippen LogP contribution in [0, 0.1) is 0 Å². The average Bonchev–Trinajstić information content (AvgIpc) is 2.82. The molecule has 0 saturated carbocycles. The molecule has 0 bridgehead atoms. The summed E-state index contributed by atoms with van der Waals surface area (Å²) in [5.41, 5.74) is 8.71. The second-order valence-corrected chi connectivity index (χ2v) is 3.60. The van der Waals surface area contributed by atoms with Crippen molar-refractivity contribution in [3.63, 3.8) is 0 Å². The van der Waals surface area contributed by atoms with E-state index < -0.39 is 0 Å². The van der Waals surface area contributed by atoms with Crippen molar-refractivity contribution in [1.29, 1.82) is 0 Å². The number of pyridine rings is 1. The van der Waals surface area contributed by atoms with Crippen LogP contribution in [0.4, 0.5) is 0 Å². The van der Waals surface area contributed by atoms with Crippen LogP contribution in [0.25, 0.3) is 22.7 Å². The Labute approximate surface area is 97.0 Å². The van der Waals surface area contributed by atoms with Crippen LogP contribution in [-0.2, 0) is 6.54 Å². The second kappa shape index (κ2) is 3.91. The van der Waals surface area contributed by atoms with E-state index in [1.54, 1.807) is 12.4 Å². The van der Waals surface area contributed by atoms with Crippen LogP contribution >= 0.6 is 0 Å². The van der Waals surface area contributed by atoms with Gasteiger partial charge in [0.2, 0.25) is 0 Å². The summed E-state index contributed by atoms with van der Waals surface area (Å²) in [5, 5.41) is 0. The Kier molecular flexibility index (Phi) is 2.27. The Balaban J connectivity index is 2.07. The van der Waals surface area contributed by atoms with Gasteiger partial charge in [0.1, 0.15) is 17.5 Å². The van der Waals surface area contributed by atoms with Gasteiger partial charge in [0.15, 0.2) is 11.5 Å². The first-order valence-electron chi connectivity index (χ1n) is 5.18. The lowest BCUT2D eigenvalue weighted by Gasteiger charge is -1.97. The number of aromatic nitrogens is 5. The third kappa shape index (κ3) is 1.74. The zero-order valence-electron chi connectivity index (χ0n) is 8.96. The predicted octanol–water partition coefficient (Wildman–Crippen LogP) is 0.874. The van der Waals surface area contributed by atoms with Gasteiger partial charge in [-0.15, -0.1) is 0 Å². The first kappa shape index (κ1) is 9.86. The highest BCUT2D eigenvalue weighted by Gasteiger charge is 2.06. The van der Waals surface area contributed by atoms with Gasteiger partial charge in [-0.2, -0.15) is 0 Å². The van der Waals surface area contributed by atoms with Crippen molar-refractivity contribution in [2.75, 3.05) is 0 Å². The lowest BCUT2D eigenvalue weighted by Crippen LogP contribution is -1.97. The van der Waals surface area contributed by atoms with Crippen LogP contribution in [-0.4, -0.2) is 24.9 Å². The molecule has 3 aromatic heterocycles. The van der Waals surface area contributed by atoms with Crippen molar-refractivity contribution in [3.05, 3.63) is 36.4 Å². The molecule has 6 nitrogen and oxygen atoms in total. The Morgan fingerprint density at radius 2 is 2.12 bits per heavy atom. The molecule has 0 aliphatic rings. The van der Waals surface area contributed by atoms with Crippen molar-refractivity contribution in [2.24, 2.45) is 5.73 Å². The fourth-order valence-corrected chi connectivity index (χ4v) is 1.57. The molecule has 3 heterocycles. The molecule has 0 aliphatic heterocycles. The minimum absolute atomic E-state index is 0.485. The predicted molar refractivity (Wildman–Crippen MR) is 62.8 cm³/mol. The fourth-order valence-electron chi connectivity index (χ4n) is 1.57. The van der Waals surface area contributed by atoms with Gasteiger partial charge in [-0.1, -0.05) is 6.07 Å². The zero-order valence-corrected chi connectivity index (χ0v) is 8.96. The number of hydrogen-bond donors (Lipinski definition) is 2. The lowest BCUT2D eigenvalue weighted by molar-refractivity contribution is 1.05. The van der Waals surface area contributed by atoms with Gasteiger partial charge in [0.25, 0.3) is 0 Å². The first-order valence-corrected chi connectivity index (χ1v) is 5.18. The molecule has 17 heavy (non-hydrogen) atoms. The van der Waals surface area contributed by atoms with E-state index in [0.29, 0.717) is 18.0 Å². The number of nitrogens with two attached hydrogens (primary N) is 1. The Morgan fingerprint density at radius 1 is 1.18 bits per heavy atom. The van der Waals surface area contributed by atoms with E-state index in [-0.39, 0.29) is 0 Å². The van der Waals surface area contributed by atoms with E-state index in [4.69, 9.17) is 5.73 Å². The molecule has 0 radical (unpaired) electrons. The maximum absolute atomic E-state index is 5.52. The van der Waals surface area contributed by atoms with E-state index in [2.05, 4.69) is 24.9 Å². The summed E-state index contributed by atoms with van der Waals surface area (Å²) in [5.74, 6) is 0.684. The summed E-state index contributed by atoms with van der Waals surface area (Å²) in [6, 6.07) is 3.81. The molecular weight excluding hydrogens is 216 g/mol. The standard InChI is InChI=1S/C11H10N6/c12-3-7-1-2-8(14-4-7)11-16-9-5-13-6-15-10(9)17-11/h1-2,4-6H,3,12H2,(H,13,15,16,17). The maximum Gasteiger partial charge on any atom is 0.181 e. The van der Waals surface area contributed by atoms with Crippen LogP contribution in [0.1, 0.15) is 5.56 Å². The number of fused-ring (bicyclic) bond motifs is 1. The van der Waals surface area contributed by atoms with Crippen molar-refractivity contribution in [3.8, 4) is 11.5 Å². The molecule has 3 N–H and O–H groups in total. The van der Waals surface area contributed by atoms with Gasteiger partial charge < -0.3 is 10.7 Å². The summed E-state index contributed by atoms with van der Waals surface area (Å²) in [6.07, 6.45) is 4.90. The second-order valence-electron chi connectivity index (χ2n) is 3.60. The summed E-state index contributed by atoms with van der Waals surface area (Å²) >= 11 is 0. The Morgan fingerprint density at radius 3 is 2.82 bits per heavy atom. The summed E-state index contributed by atoms with van der Waals surface area (Å²) < 4.78 is 0. The molecular formula is C11H10N6. The Hall–Kier alpha value is -2.34. The molecule has 6 heteroatoms. The van der Waals surface area contributed by atoms with Crippen LogP contribution < -0.4 is 5.73 Å². The minimum atomic E-state index is 0.485. The fraction of sp³-hybridized carbons (Fsp3) is 0.0909. The quantitative estimate of drug-likeness (QED) is 0.676. The van der Waals surface area contributed by atoms with Gasteiger partial charge >= 0.3 is 0 Å². The van der Waals surface area contributed by atoms with Crippen molar-refractivity contribution >= 4 is 11.2 Å². The van der Waals surface area contributed by atoms with E-state index in [0.717, 1.165) is 16.8 Å². The molecule has 0 atom stereocenters. The van der Waals surface area contributed by atoms with E-state index in [1.165, 1.54) is 6.33 Å². The topological polar surface area (TPSA) is 93.4 Å². The third-order valence-electron chi connectivity index (χ3n) is 2.47. The number of H-pyrrole nitrogens is 1. The number of imidazole rings is 1. The van der Waals surface area contributed by atoms with Gasteiger partial charge in [0, 0.05) is 12.7 Å². The van der Waals surface area contributed by atoms with Gasteiger partial charge in [-0.3, -0.25) is 4.98 Å². The molecule has 0 fully saturated rings. The highest BCUT2D eigenvalue weighted by molar-refractivity contribution is 5.73. The molecule has 0 saturated heterocycles. The van der Waals surface area contributed by atoms with Gasteiger partial charge in [-0.05, 0) is 11.6 Å². The number of nitrogens with zero attached hydrogens (tertiary/aromatic N) is 4. The molecule has 0 aliphatic carbocycles. The molecule has 0 spiro atoms. The highest BCUT2D eigenvalue weighted by Crippen LogP contribution is 2.16. The summed E-state index contributed by atoms with van der Waals surface area (Å²) in [4.78, 5) is 19.7. The molecule has 3 aromatic rings. The smallest absolute Gasteiger partial charge is 0.181 e. The monoisotopic (exact) mass is 226 g/mol. The number of hydrogen-bond acceptors (Lipinski definition) is 5. The van der Waals surface area contributed by atoms with Crippen LogP contribution in [0.15, 0.2) is 30.9 Å². The highest BCUT2D eigenvalue weighted by atomic mass is 15.0. The minimum Gasteiger partial charge on any atom is -0.334 e. The molecule has 84 valence electrons. The lowest BCUT2D eigenvalue weighted by atomic mass is 10.2. The number of nitrogens with one attached hydrogen (secondary N) is 1. The van der Waals surface area contributed by atoms with Crippen molar-refractivity contribution < 1.29 is 0 Å². The van der Waals surface area contributed by atoms with Crippen LogP contribution in [0.3, 0.4) is 0 Å². The van der Waals surface area contributed by atoms with E-state index in [9.17, 15) is 0 Å². The zero-order chi connectivity index (χ0) is 11.7. The van der Waals surface area contributed by atoms with Gasteiger partial charge in [-0.25, -0.2) is 15.0 Å². The third-order valence-corrected chi connectivity index (χ3v) is 2.47. The van der Waals surface area contributed by atoms with E-state index >= 15 is 0 Å². The molecule has 0 aromatic carbocycles. The van der Waals surface area contributed by atoms with Crippen LogP contribution in [0.2, 0.25) is 0 Å². The molecule has 3 rings (SSSR count). The maximum atomic E-state index is 5.52. The average molecular weight is 226 g/mol. The largest absolute Gasteiger partial charge is 0.334 e. The SMILES string of the molecule is NCc1ccc(-c2nc3ncncc3[nH]2)nc1. The van der Waals surface area contributed by atoms with Crippen molar-refractivity contribution in [2.45, 2.75) is 6.54 Å². The number of rotatable bonds is 2. The molecule has 0 amide bonds. The molecule has 0 unspecified atom stereocenters. The number of aromatic amines is 1. The van der Waals surface area contributed by atoms with Crippen LogP contribution in [0.5, 0.6) is 0 Å².